The Balaban J connectivity index is 1.66. The summed E-state index contributed by atoms with van der Waals surface area (Å²) in [7, 11) is 0. The summed E-state index contributed by atoms with van der Waals surface area (Å²) in [5, 5.41) is 9.72. The predicted molar refractivity (Wildman–Crippen MR) is 88.4 cm³/mol. The van der Waals surface area contributed by atoms with E-state index >= 15 is 0 Å². The fraction of sp³-hybridized carbons (Fsp3) is 0.316. The summed E-state index contributed by atoms with van der Waals surface area (Å²) >= 11 is 0. The topological polar surface area (TPSA) is 49.8 Å². The molecule has 1 atom stereocenters. The van der Waals surface area contributed by atoms with Gasteiger partial charge in [0, 0.05) is 18.7 Å². The third-order valence-corrected chi connectivity index (χ3v) is 4.01. The average Bonchev–Trinajstić information content (AvgIpc) is 2.60. The number of amides is 1. The number of carbonyl (C=O) groups excluding carboxylic acids is 1. The van der Waals surface area contributed by atoms with Crippen LogP contribution in [0.5, 0.6) is 5.75 Å². The average molecular weight is 311 g/mol. The van der Waals surface area contributed by atoms with Gasteiger partial charge >= 0.3 is 0 Å². The van der Waals surface area contributed by atoms with E-state index in [1.54, 1.807) is 17.0 Å². The summed E-state index contributed by atoms with van der Waals surface area (Å²) in [5.74, 6) is 0.631. The first-order valence-corrected chi connectivity index (χ1v) is 7.96. The molecule has 4 heteroatoms. The SMILES string of the molecule is O=C(c1cccc(OCc2ccccc2)c1)N1CCCC(O)C1. The molecule has 1 saturated heterocycles. The zero-order chi connectivity index (χ0) is 16.1. The van der Waals surface area contributed by atoms with Crippen molar-refractivity contribution in [2.45, 2.75) is 25.6 Å². The molecule has 1 heterocycles. The maximum atomic E-state index is 12.5. The molecule has 1 aliphatic rings. The van der Waals surface area contributed by atoms with Crippen LogP contribution < -0.4 is 4.74 Å². The molecule has 1 fully saturated rings. The van der Waals surface area contributed by atoms with E-state index in [1.807, 2.05) is 42.5 Å². The van der Waals surface area contributed by atoms with Crippen molar-refractivity contribution in [3.63, 3.8) is 0 Å². The number of carbonyl (C=O) groups is 1. The fourth-order valence-corrected chi connectivity index (χ4v) is 2.78. The van der Waals surface area contributed by atoms with Gasteiger partial charge in [0.25, 0.3) is 5.91 Å². The minimum atomic E-state index is -0.412. The minimum absolute atomic E-state index is 0.0473. The monoisotopic (exact) mass is 311 g/mol. The number of benzene rings is 2. The number of β-amino-alcohol motifs (C(OH)–C–C–N with tert-alkyl or cyclic N) is 1. The third kappa shape index (κ3) is 4.11. The highest BCUT2D eigenvalue weighted by Gasteiger charge is 2.23. The molecule has 0 saturated carbocycles. The van der Waals surface area contributed by atoms with E-state index in [9.17, 15) is 9.90 Å². The van der Waals surface area contributed by atoms with E-state index in [4.69, 9.17) is 4.74 Å². The van der Waals surface area contributed by atoms with Gasteiger partial charge in [0.2, 0.25) is 0 Å². The van der Waals surface area contributed by atoms with Crippen LogP contribution in [0.3, 0.4) is 0 Å². The maximum Gasteiger partial charge on any atom is 0.254 e. The van der Waals surface area contributed by atoms with Gasteiger partial charge in [0.1, 0.15) is 12.4 Å². The van der Waals surface area contributed by atoms with Gasteiger partial charge in [0.15, 0.2) is 0 Å². The van der Waals surface area contributed by atoms with Crippen molar-refractivity contribution in [1.29, 1.82) is 0 Å². The number of ether oxygens (including phenoxy) is 1. The normalized spacial score (nSPS) is 17.8. The summed E-state index contributed by atoms with van der Waals surface area (Å²) in [5.41, 5.74) is 1.69. The van der Waals surface area contributed by atoms with E-state index in [1.165, 1.54) is 0 Å². The van der Waals surface area contributed by atoms with Crippen LogP contribution in [0.4, 0.5) is 0 Å². The van der Waals surface area contributed by atoms with Crippen LogP contribution in [0.15, 0.2) is 54.6 Å². The van der Waals surface area contributed by atoms with E-state index in [-0.39, 0.29) is 5.91 Å². The molecule has 0 spiro atoms. The molecule has 23 heavy (non-hydrogen) atoms. The Labute approximate surface area is 136 Å². The van der Waals surface area contributed by atoms with Crippen molar-refractivity contribution >= 4 is 5.91 Å². The highest BCUT2D eigenvalue weighted by molar-refractivity contribution is 5.94. The molecular formula is C19H21NO3. The molecule has 1 aliphatic heterocycles. The van der Waals surface area contributed by atoms with Crippen molar-refractivity contribution in [1.82, 2.24) is 4.90 Å². The van der Waals surface area contributed by atoms with Gasteiger partial charge in [-0.1, -0.05) is 36.4 Å². The molecule has 0 radical (unpaired) electrons. The minimum Gasteiger partial charge on any atom is -0.489 e. The Morgan fingerprint density at radius 1 is 1.17 bits per heavy atom. The first-order chi connectivity index (χ1) is 11.2. The zero-order valence-corrected chi connectivity index (χ0v) is 13.0. The Kier molecular flexibility index (Phi) is 4.93. The summed E-state index contributed by atoms with van der Waals surface area (Å²) in [6, 6.07) is 17.2. The number of hydrogen-bond acceptors (Lipinski definition) is 3. The van der Waals surface area contributed by atoms with Crippen molar-refractivity contribution in [3.8, 4) is 5.75 Å². The van der Waals surface area contributed by atoms with Crippen LogP contribution in [0.2, 0.25) is 0 Å². The van der Waals surface area contributed by atoms with Gasteiger partial charge in [-0.2, -0.15) is 0 Å². The number of rotatable bonds is 4. The zero-order valence-electron chi connectivity index (χ0n) is 13.0. The lowest BCUT2D eigenvalue weighted by Crippen LogP contribution is -2.42. The van der Waals surface area contributed by atoms with Gasteiger partial charge in [-0.25, -0.2) is 0 Å². The van der Waals surface area contributed by atoms with Gasteiger partial charge in [-0.05, 0) is 36.6 Å². The maximum absolute atomic E-state index is 12.5. The molecule has 2 aromatic rings. The van der Waals surface area contributed by atoms with Crippen LogP contribution in [0, 0.1) is 0 Å². The van der Waals surface area contributed by atoms with Crippen LogP contribution in [0.25, 0.3) is 0 Å². The number of nitrogens with zero attached hydrogens (tertiary/aromatic N) is 1. The Morgan fingerprint density at radius 3 is 2.78 bits per heavy atom. The molecule has 1 amide bonds. The van der Waals surface area contributed by atoms with E-state index in [0.29, 0.717) is 31.0 Å². The van der Waals surface area contributed by atoms with Gasteiger partial charge in [-0.3, -0.25) is 4.79 Å². The summed E-state index contributed by atoms with van der Waals surface area (Å²) < 4.78 is 5.77. The summed E-state index contributed by atoms with van der Waals surface area (Å²) in [4.78, 5) is 14.2. The van der Waals surface area contributed by atoms with E-state index in [2.05, 4.69) is 0 Å². The smallest absolute Gasteiger partial charge is 0.254 e. The standard InChI is InChI=1S/C19H21NO3/c21-17-9-5-11-20(13-17)19(22)16-8-4-10-18(12-16)23-14-15-6-2-1-3-7-15/h1-4,6-8,10,12,17,21H,5,9,11,13-14H2. The van der Waals surface area contributed by atoms with Gasteiger partial charge in [0.05, 0.1) is 6.10 Å². The molecule has 0 aliphatic carbocycles. The molecule has 2 aromatic carbocycles. The van der Waals surface area contributed by atoms with E-state index in [0.717, 1.165) is 18.4 Å². The van der Waals surface area contributed by atoms with Crippen LogP contribution in [-0.4, -0.2) is 35.1 Å². The Bertz CT molecular complexity index is 657. The lowest BCUT2D eigenvalue weighted by molar-refractivity contribution is 0.0473. The van der Waals surface area contributed by atoms with Gasteiger partial charge < -0.3 is 14.7 Å². The number of piperidine rings is 1. The van der Waals surface area contributed by atoms with Crippen molar-refractivity contribution in [3.05, 3.63) is 65.7 Å². The highest BCUT2D eigenvalue weighted by Crippen LogP contribution is 2.19. The molecule has 4 nitrogen and oxygen atoms in total. The largest absolute Gasteiger partial charge is 0.489 e. The van der Waals surface area contributed by atoms with E-state index < -0.39 is 6.10 Å². The Hall–Kier alpha value is -2.33. The lowest BCUT2D eigenvalue weighted by Gasteiger charge is -2.30. The predicted octanol–water partition coefficient (Wildman–Crippen LogP) is 2.86. The number of aliphatic hydroxyl groups is 1. The lowest BCUT2D eigenvalue weighted by atomic mass is 10.1. The van der Waals surface area contributed by atoms with Crippen LogP contribution in [-0.2, 0) is 6.61 Å². The summed E-state index contributed by atoms with van der Waals surface area (Å²) in [6.45, 7) is 1.58. The second-order valence-corrected chi connectivity index (χ2v) is 5.85. The number of likely N-dealkylation sites (tertiary alicyclic amines) is 1. The molecule has 120 valence electrons. The first kappa shape index (κ1) is 15.6. The van der Waals surface area contributed by atoms with Crippen molar-refractivity contribution in [2.24, 2.45) is 0 Å². The van der Waals surface area contributed by atoms with Crippen molar-refractivity contribution in [2.75, 3.05) is 13.1 Å². The molecular weight excluding hydrogens is 290 g/mol. The first-order valence-electron chi connectivity index (χ1n) is 7.96. The highest BCUT2D eigenvalue weighted by atomic mass is 16.5. The van der Waals surface area contributed by atoms with Crippen LogP contribution >= 0.6 is 0 Å². The fourth-order valence-electron chi connectivity index (χ4n) is 2.78. The number of hydrogen-bond donors (Lipinski definition) is 1. The molecule has 0 aromatic heterocycles. The second-order valence-electron chi connectivity index (χ2n) is 5.85. The molecule has 1 unspecified atom stereocenters. The quantitative estimate of drug-likeness (QED) is 0.944. The van der Waals surface area contributed by atoms with Gasteiger partial charge in [-0.15, -0.1) is 0 Å². The Morgan fingerprint density at radius 2 is 2.00 bits per heavy atom. The van der Waals surface area contributed by atoms with Crippen LogP contribution in [0.1, 0.15) is 28.8 Å². The third-order valence-electron chi connectivity index (χ3n) is 4.01. The second kappa shape index (κ2) is 7.29. The number of aliphatic hydroxyl groups excluding tert-OH is 1. The molecule has 1 N–H and O–H groups in total. The summed E-state index contributed by atoms with van der Waals surface area (Å²) in [6.07, 6.45) is 1.20. The molecule has 3 rings (SSSR count). The van der Waals surface area contributed by atoms with Crippen molar-refractivity contribution < 1.29 is 14.6 Å². The molecule has 0 bridgehead atoms.